The molecule has 0 aromatic heterocycles. The molecule has 32 heavy (non-hydrogen) atoms. The molecule has 2 heterocycles. The van der Waals surface area contributed by atoms with E-state index in [1.54, 1.807) is 4.90 Å². The smallest absolute Gasteiger partial charge is 0.170 e. The maximum atomic E-state index is 9.30. The van der Waals surface area contributed by atoms with E-state index in [4.69, 9.17) is 0 Å². The normalized spacial score (nSPS) is 13.4. The number of nitrogens with one attached hydrogen (secondary N) is 2. The van der Waals surface area contributed by atoms with Crippen LogP contribution in [0.4, 0.5) is 22.7 Å². The van der Waals surface area contributed by atoms with Crippen LogP contribution >= 0.6 is 0 Å². The van der Waals surface area contributed by atoms with Crippen molar-refractivity contribution in [3.8, 4) is 24.3 Å². The van der Waals surface area contributed by atoms with E-state index < -0.39 is 0 Å². The summed E-state index contributed by atoms with van der Waals surface area (Å²) in [6, 6.07) is 19.9. The van der Waals surface area contributed by atoms with Gasteiger partial charge in [0, 0.05) is 19.5 Å². The predicted octanol–water partition coefficient (Wildman–Crippen LogP) is 4.23. The Bertz CT molecular complexity index is 1570. The number of fused-ring (bicyclic) bond motifs is 5. The minimum atomic E-state index is 0.0215. The fraction of sp³-hybridized carbons (Fsp3) is 0.0833. The van der Waals surface area contributed by atoms with Crippen LogP contribution in [0.1, 0.15) is 0 Å². The van der Waals surface area contributed by atoms with Gasteiger partial charge in [0.2, 0.25) is 0 Å². The first kappa shape index (κ1) is 18.8. The van der Waals surface area contributed by atoms with E-state index in [2.05, 4.69) is 22.8 Å². The van der Waals surface area contributed by atoms with Crippen molar-refractivity contribution < 1.29 is 0 Å². The molecule has 3 aromatic rings. The molecule has 8 heteroatoms. The zero-order valence-corrected chi connectivity index (χ0v) is 17.1. The number of benzene rings is 3. The minimum absolute atomic E-state index is 0.0215. The molecule has 0 fully saturated rings. The number of hydrogen-bond donors (Lipinski definition) is 2. The SMILES string of the molecule is CN1C(=C(C#N)C#N)Nc2cc3cc4ccc5c(c4cc3cc21)N(C)C(=C(C#N)C#N)N5. The Kier molecular flexibility index (Phi) is 3.93. The molecule has 0 bridgehead atoms. The van der Waals surface area contributed by atoms with Crippen molar-refractivity contribution in [3.63, 3.8) is 0 Å². The molecule has 0 atom stereocenters. The van der Waals surface area contributed by atoms with Gasteiger partial charge in [-0.2, -0.15) is 21.0 Å². The second-order valence-corrected chi connectivity index (χ2v) is 7.51. The predicted molar refractivity (Wildman–Crippen MR) is 122 cm³/mol. The largest absolute Gasteiger partial charge is 0.338 e. The van der Waals surface area contributed by atoms with Crippen molar-refractivity contribution in [3.05, 3.63) is 59.2 Å². The molecule has 0 aliphatic carbocycles. The van der Waals surface area contributed by atoms with E-state index >= 15 is 0 Å². The summed E-state index contributed by atoms with van der Waals surface area (Å²) in [7, 11) is 3.64. The first-order valence-corrected chi connectivity index (χ1v) is 9.65. The summed E-state index contributed by atoms with van der Waals surface area (Å²) in [5.41, 5.74) is 3.46. The molecule has 2 aliphatic rings. The van der Waals surface area contributed by atoms with E-state index in [0.29, 0.717) is 11.6 Å². The lowest BCUT2D eigenvalue weighted by Crippen LogP contribution is -2.16. The summed E-state index contributed by atoms with van der Waals surface area (Å²) in [5, 5.41) is 47.5. The Morgan fingerprint density at radius 2 is 1.28 bits per heavy atom. The fourth-order valence-electron chi connectivity index (χ4n) is 4.31. The first-order chi connectivity index (χ1) is 15.5. The molecule has 0 saturated heterocycles. The van der Waals surface area contributed by atoms with Gasteiger partial charge in [-0.3, -0.25) is 0 Å². The zero-order valence-electron chi connectivity index (χ0n) is 17.1. The molecule has 5 rings (SSSR count). The van der Waals surface area contributed by atoms with Gasteiger partial charge in [-0.15, -0.1) is 0 Å². The van der Waals surface area contributed by atoms with Crippen LogP contribution in [-0.4, -0.2) is 14.1 Å². The van der Waals surface area contributed by atoms with Crippen LogP contribution in [0.5, 0.6) is 0 Å². The van der Waals surface area contributed by atoms with Crippen LogP contribution in [0.25, 0.3) is 21.5 Å². The maximum absolute atomic E-state index is 9.30. The average molecular weight is 414 g/mol. The van der Waals surface area contributed by atoms with Crippen LogP contribution in [0.3, 0.4) is 0 Å². The number of nitrogens with zero attached hydrogens (tertiary/aromatic N) is 6. The van der Waals surface area contributed by atoms with E-state index in [1.165, 1.54) is 0 Å². The highest BCUT2D eigenvalue weighted by Gasteiger charge is 2.27. The lowest BCUT2D eigenvalue weighted by atomic mass is 10.0. The summed E-state index contributed by atoms with van der Waals surface area (Å²) >= 11 is 0. The van der Waals surface area contributed by atoms with Gasteiger partial charge in [-0.1, -0.05) is 6.07 Å². The van der Waals surface area contributed by atoms with Gasteiger partial charge in [0.1, 0.15) is 35.9 Å². The van der Waals surface area contributed by atoms with Crippen LogP contribution in [0.15, 0.2) is 59.2 Å². The lowest BCUT2D eigenvalue weighted by molar-refractivity contribution is 1.14. The molecular formula is C24H14N8. The number of rotatable bonds is 0. The van der Waals surface area contributed by atoms with E-state index in [-0.39, 0.29) is 11.1 Å². The molecule has 2 aliphatic heterocycles. The van der Waals surface area contributed by atoms with Crippen LogP contribution < -0.4 is 20.4 Å². The Morgan fingerprint density at radius 1 is 0.688 bits per heavy atom. The molecule has 0 unspecified atom stereocenters. The summed E-state index contributed by atoms with van der Waals surface area (Å²) in [6.45, 7) is 0. The molecule has 0 saturated carbocycles. The van der Waals surface area contributed by atoms with Gasteiger partial charge in [0.05, 0.1) is 22.7 Å². The lowest BCUT2D eigenvalue weighted by Gasteiger charge is -2.16. The second kappa shape index (κ2) is 6.67. The van der Waals surface area contributed by atoms with Gasteiger partial charge in [-0.25, -0.2) is 0 Å². The fourth-order valence-corrected chi connectivity index (χ4v) is 4.31. The minimum Gasteiger partial charge on any atom is -0.338 e. The van der Waals surface area contributed by atoms with Crippen molar-refractivity contribution >= 4 is 44.3 Å². The van der Waals surface area contributed by atoms with Crippen molar-refractivity contribution in [2.75, 3.05) is 34.5 Å². The molecule has 8 nitrogen and oxygen atoms in total. The van der Waals surface area contributed by atoms with Crippen molar-refractivity contribution in [1.29, 1.82) is 21.0 Å². The van der Waals surface area contributed by atoms with Crippen LogP contribution in [0, 0.1) is 45.3 Å². The highest BCUT2D eigenvalue weighted by Crippen LogP contribution is 2.45. The van der Waals surface area contributed by atoms with Gasteiger partial charge in [0.25, 0.3) is 0 Å². The van der Waals surface area contributed by atoms with E-state index in [0.717, 1.165) is 44.3 Å². The number of nitriles is 4. The standard InChI is InChI=1S/C24H14N8/c1-31-21-8-15-6-18-13(5-14(15)7-20(21)30-23(31)16(9-25)10-26)3-4-19-22(18)32(2)24(29-19)17(11-27)12-28/h3-8,29-30H,1-2H3. The third-order valence-electron chi connectivity index (χ3n) is 5.86. The zero-order chi connectivity index (χ0) is 22.6. The Labute approximate surface area is 183 Å². The Balaban J connectivity index is 1.72. The summed E-state index contributed by atoms with van der Waals surface area (Å²) in [4.78, 5) is 3.63. The molecule has 0 radical (unpaired) electrons. The molecule has 0 amide bonds. The third-order valence-corrected chi connectivity index (χ3v) is 5.86. The Hall–Kier alpha value is -5.18. The van der Waals surface area contributed by atoms with Gasteiger partial charge in [0.15, 0.2) is 11.1 Å². The quantitative estimate of drug-likeness (QED) is 0.413. The van der Waals surface area contributed by atoms with Crippen LogP contribution in [0.2, 0.25) is 0 Å². The van der Waals surface area contributed by atoms with Gasteiger partial charge in [-0.05, 0) is 46.5 Å². The third kappa shape index (κ3) is 2.45. The average Bonchev–Trinajstić information content (AvgIpc) is 3.30. The maximum Gasteiger partial charge on any atom is 0.170 e. The number of allylic oxidation sites excluding steroid dienone is 2. The molecule has 150 valence electrons. The van der Waals surface area contributed by atoms with E-state index in [9.17, 15) is 21.0 Å². The molecular weight excluding hydrogens is 400 g/mol. The second-order valence-electron chi connectivity index (χ2n) is 7.51. The van der Waals surface area contributed by atoms with Crippen molar-refractivity contribution in [2.24, 2.45) is 0 Å². The molecule has 0 spiro atoms. The van der Waals surface area contributed by atoms with Crippen LogP contribution in [-0.2, 0) is 0 Å². The molecule has 2 N–H and O–H groups in total. The Morgan fingerprint density at radius 3 is 1.94 bits per heavy atom. The van der Waals surface area contributed by atoms with Crippen molar-refractivity contribution in [2.45, 2.75) is 0 Å². The van der Waals surface area contributed by atoms with Gasteiger partial charge < -0.3 is 20.4 Å². The first-order valence-electron chi connectivity index (χ1n) is 9.65. The number of anilines is 4. The van der Waals surface area contributed by atoms with E-state index in [1.807, 2.05) is 67.5 Å². The highest BCUT2D eigenvalue weighted by molar-refractivity contribution is 6.11. The highest BCUT2D eigenvalue weighted by atomic mass is 15.3. The monoisotopic (exact) mass is 414 g/mol. The summed E-state index contributed by atoms with van der Waals surface area (Å²) in [6.07, 6.45) is 0. The summed E-state index contributed by atoms with van der Waals surface area (Å²) < 4.78 is 0. The topological polar surface area (TPSA) is 126 Å². The van der Waals surface area contributed by atoms with Crippen molar-refractivity contribution in [1.82, 2.24) is 0 Å². The van der Waals surface area contributed by atoms with Gasteiger partial charge >= 0.3 is 0 Å². The summed E-state index contributed by atoms with van der Waals surface area (Å²) in [5.74, 6) is 0.927. The number of hydrogen-bond acceptors (Lipinski definition) is 8. The molecule has 3 aromatic carbocycles.